The summed E-state index contributed by atoms with van der Waals surface area (Å²) in [6, 6.07) is 5.83. The molecule has 1 aromatic carbocycles. The van der Waals surface area contributed by atoms with Gasteiger partial charge in [0.25, 0.3) is 0 Å². The van der Waals surface area contributed by atoms with Gasteiger partial charge in [-0.25, -0.2) is 0 Å². The molecular formula is C11H16ClNS. The summed E-state index contributed by atoms with van der Waals surface area (Å²) in [5.74, 6) is 1.16. The Morgan fingerprint density at radius 2 is 2.14 bits per heavy atom. The van der Waals surface area contributed by atoms with E-state index < -0.39 is 0 Å². The summed E-state index contributed by atoms with van der Waals surface area (Å²) in [5.41, 5.74) is 6.28. The summed E-state index contributed by atoms with van der Waals surface area (Å²) in [6.07, 6.45) is 3.84. The van der Waals surface area contributed by atoms with Crippen molar-refractivity contribution in [3.63, 3.8) is 0 Å². The lowest BCUT2D eigenvalue weighted by Gasteiger charge is -2.03. The van der Waals surface area contributed by atoms with E-state index in [-0.39, 0.29) is 0 Å². The van der Waals surface area contributed by atoms with Gasteiger partial charge in [0.05, 0.1) is 10.7 Å². The van der Waals surface area contributed by atoms with Gasteiger partial charge in [-0.1, -0.05) is 31.4 Å². The van der Waals surface area contributed by atoms with Crippen LogP contribution in [0.15, 0.2) is 23.1 Å². The van der Waals surface area contributed by atoms with Crippen molar-refractivity contribution in [2.24, 2.45) is 0 Å². The molecule has 0 aliphatic rings. The monoisotopic (exact) mass is 229 g/mol. The maximum Gasteiger partial charge on any atom is 0.0646 e. The molecule has 0 saturated carbocycles. The van der Waals surface area contributed by atoms with Crippen LogP contribution in [0.4, 0.5) is 5.69 Å². The quantitative estimate of drug-likeness (QED) is 0.465. The molecule has 0 bridgehead atoms. The number of benzene rings is 1. The highest BCUT2D eigenvalue weighted by molar-refractivity contribution is 7.99. The average Bonchev–Trinajstić information content (AvgIpc) is 2.18. The Hall–Kier alpha value is -0.340. The Balaban J connectivity index is 2.39. The van der Waals surface area contributed by atoms with Crippen LogP contribution >= 0.6 is 23.4 Å². The minimum atomic E-state index is 0.657. The first kappa shape index (κ1) is 11.7. The molecule has 0 heterocycles. The second-order valence-corrected chi connectivity index (χ2v) is 4.81. The summed E-state index contributed by atoms with van der Waals surface area (Å²) in [4.78, 5) is 1.21. The molecule has 0 spiro atoms. The number of halogens is 1. The number of unbranched alkanes of at least 4 members (excludes halogenated alkanes) is 2. The number of rotatable bonds is 5. The summed E-state index contributed by atoms with van der Waals surface area (Å²) < 4.78 is 0. The van der Waals surface area contributed by atoms with E-state index in [9.17, 15) is 0 Å². The molecule has 2 N–H and O–H groups in total. The molecule has 0 unspecified atom stereocenters. The molecule has 0 atom stereocenters. The zero-order valence-electron chi connectivity index (χ0n) is 8.42. The number of hydrogen-bond acceptors (Lipinski definition) is 2. The topological polar surface area (TPSA) is 26.0 Å². The molecule has 3 heteroatoms. The van der Waals surface area contributed by atoms with Gasteiger partial charge in [0.1, 0.15) is 0 Å². The zero-order chi connectivity index (χ0) is 10.4. The average molecular weight is 230 g/mol. The number of thioether (sulfide) groups is 1. The predicted molar refractivity (Wildman–Crippen MR) is 66.1 cm³/mol. The molecule has 1 nitrogen and oxygen atoms in total. The minimum Gasteiger partial charge on any atom is -0.398 e. The van der Waals surface area contributed by atoms with Gasteiger partial charge >= 0.3 is 0 Å². The van der Waals surface area contributed by atoms with Crippen LogP contribution in [-0.2, 0) is 0 Å². The van der Waals surface area contributed by atoms with Crippen molar-refractivity contribution in [1.29, 1.82) is 0 Å². The van der Waals surface area contributed by atoms with Crippen molar-refractivity contribution in [3.8, 4) is 0 Å². The minimum absolute atomic E-state index is 0.657. The van der Waals surface area contributed by atoms with Gasteiger partial charge in [0, 0.05) is 4.90 Å². The molecular weight excluding hydrogens is 214 g/mol. The highest BCUT2D eigenvalue weighted by atomic mass is 35.5. The molecule has 0 aromatic heterocycles. The van der Waals surface area contributed by atoms with Gasteiger partial charge in [-0.15, -0.1) is 11.8 Å². The molecule has 0 saturated heterocycles. The van der Waals surface area contributed by atoms with Gasteiger partial charge in [0.2, 0.25) is 0 Å². The second-order valence-electron chi connectivity index (χ2n) is 3.24. The van der Waals surface area contributed by atoms with E-state index in [4.69, 9.17) is 17.3 Å². The van der Waals surface area contributed by atoms with E-state index in [0.29, 0.717) is 10.7 Å². The zero-order valence-corrected chi connectivity index (χ0v) is 10.00. The van der Waals surface area contributed by atoms with Crippen LogP contribution in [0.2, 0.25) is 5.02 Å². The lowest BCUT2D eigenvalue weighted by molar-refractivity contribution is 0.778. The Morgan fingerprint density at radius 3 is 2.79 bits per heavy atom. The van der Waals surface area contributed by atoms with Crippen molar-refractivity contribution in [1.82, 2.24) is 0 Å². The fraction of sp³-hybridized carbons (Fsp3) is 0.455. The van der Waals surface area contributed by atoms with Crippen molar-refractivity contribution in [3.05, 3.63) is 23.2 Å². The van der Waals surface area contributed by atoms with Gasteiger partial charge in [-0.2, -0.15) is 0 Å². The Bertz CT molecular complexity index is 289. The third-order valence-corrected chi connectivity index (χ3v) is 3.40. The van der Waals surface area contributed by atoms with E-state index in [0.717, 1.165) is 5.75 Å². The van der Waals surface area contributed by atoms with E-state index >= 15 is 0 Å². The third-order valence-electron chi connectivity index (χ3n) is 1.99. The van der Waals surface area contributed by atoms with Crippen molar-refractivity contribution >= 4 is 29.1 Å². The van der Waals surface area contributed by atoms with Crippen LogP contribution in [0.25, 0.3) is 0 Å². The SMILES string of the molecule is CCCCCSc1ccc(N)c(Cl)c1. The van der Waals surface area contributed by atoms with E-state index in [2.05, 4.69) is 6.92 Å². The predicted octanol–water partition coefficient (Wildman–Crippen LogP) is 4.20. The molecule has 78 valence electrons. The molecule has 1 rings (SSSR count). The summed E-state index contributed by atoms with van der Waals surface area (Å²) in [6.45, 7) is 2.21. The molecule has 1 aromatic rings. The van der Waals surface area contributed by atoms with Crippen LogP contribution in [-0.4, -0.2) is 5.75 Å². The number of nitrogens with two attached hydrogens (primary N) is 1. The first-order chi connectivity index (χ1) is 6.74. The van der Waals surface area contributed by atoms with E-state index in [1.54, 1.807) is 0 Å². The van der Waals surface area contributed by atoms with Gasteiger partial charge in [0.15, 0.2) is 0 Å². The maximum atomic E-state index is 5.92. The van der Waals surface area contributed by atoms with Crippen molar-refractivity contribution in [2.75, 3.05) is 11.5 Å². The highest BCUT2D eigenvalue weighted by Gasteiger charge is 1.98. The van der Waals surface area contributed by atoms with Crippen LogP contribution < -0.4 is 5.73 Å². The molecule has 0 aliphatic carbocycles. The Morgan fingerprint density at radius 1 is 1.36 bits per heavy atom. The molecule has 0 aliphatic heterocycles. The Kier molecular flexibility index (Phi) is 5.20. The fourth-order valence-electron chi connectivity index (χ4n) is 1.14. The van der Waals surface area contributed by atoms with Crippen molar-refractivity contribution in [2.45, 2.75) is 31.1 Å². The lowest BCUT2D eigenvalue weighted by atomic mass is 10.3. The summed E-state index contributed by atoms with van der Waals surface area (Å²) in [7, 11) is 0. The fourth-order valence-corrected chi connectivity index (χ4v) is 2.33. The molecule has 0 radical (unpaired) electrons. The van der Waals surface area contributed by atoms with Crippen molar-refractivity contribution < 1.29 is 0 Å². The van der Waals surface area contributed by atoms with Gasteiger partial charge in [-0.05, 0) is 30.4 Å². The maximum absolute atomic E-state index is 5.92. The normalized spacial score (nSPS) is 10.4. The molecule has 0 amide bonds. The Labute approximate surface area is 95.0 Å². The number of hydrogen-bond donors (Lipinski definition) is 1. The van der Waals surface area contributed by atoms with Crippen LogP contribution in [0.5, 0.6) is 0 Å². The third kappa shape index (κ3) is 3.81. The smallest absolute Gasteiger partial charge is 0.0646 e. The van der Waals surface area contributed by atoms with E-state index in [1.165, 1.54) is 24.2 Å². The van der Waals surface area contributed by atoms with E-state index in [1.807, 2.05) is 30.0 Å². The summed E-state index contributed by atoms with van der Waals surface area (Å²) >= 11 is 7.76. The van der Waals surface area contributed by atoms with Crippen LogP contribution in [0, 0.1) is 0 Å². The molecule has 0 fully saturated rings. The van der Waals surface area contributed by atoms with Gasteiger partial charge < -0.3 is 5.73 Å². The number of nitrogen functional groups attached to an aromatic ring is 1. The van der Waals surface area contributed by atoms with Crippen LogP contribution in [0.3, 0.4) is 0 Å². The first-order valence-electron chi connectivity index (χ1n) is 4.92. The summed E-state index contributed by atoms with van der Waals surface area (Å²) in [5, 5.41) is 0.658. The lowest BCUT2D eigenvalue weighted by Crippen LogP contribution is -1.86. The van der Waals surface area contributed by atoms with Gasteiger partial charge in [-0.3, -0.25) is 0 Å². The van der Waals surface area contributed by atoms with Crippen LogP contribution in [0.1, 0.15) is 26.2 Å². The first-order valence-corrected chi connectivity index (χ1v) is 6.28. The highest BCUT2D eigenvalue weighted by Crippen LogP contribution is 2.26. The largest absolute Gasteiger partial charge is 0.398 e. The number of anilines is 1. The molecule has 14 heavy (non-hydrogen) atoms. The standard InChI is InChI=1S/C11H16ClNS/c1-2-3-4-7-14-9-5-6-11(13)10(12)8-9/h5-6,8H,2-4,7,13H2,1H3. The second kappa shape index (κ2) is 6.20.